The van der Waals surface area contributed by atoms with Crippen molar-refractivity contribution in [2.45, 2.75) is 25.7 Å². The summed E-state index contributed by atoms with van der Waals surface area (Å²) in [6.07, 6.45) is 9.44. The topological polar surface area (TPSA) is 72.2 Å². The lowest BCUT2D eigenvalue weighted by molar-refractivity contribution is 0.0976. The van der Waals surface area contributed by atoms with E-state index in [0.717, 1.165) is 52.3 Å². The summed E-state index contributed by atoms with van der Waals surface area (Å²) >= 11 is 0. The zero-order chi connectivity index (χ0) is 22.9. The molecule has 0 spiro atoms. The van der Waals surface area contributed by atoms with E-state index in [1.807, 2.05) is 60.9 Å². The van der Waals surface area contributed by atoms with E-state index in [1.165, 1.54) is 18.4 Å². The maximum atomic E-state index is 12.5. The Kier molecular flexibility index (Phi) is 5.26. The molecule has 1 N–H and O–H groups in total. The Bertz CT molecular complexity index is 1470. The van der Waals surface area contributed by atoms with Gasteiger partial charge < -0.3 is 5.32 Å². The monoisotopic (exact) mass is 447 g/mol. The Hall–Kier alpha value is -4.06. The highest BCUT2D eigenvalue weighted by atomic mass is 16.1. The smallest absolute Gasteiger partial charge is 0.181 e. The predicted molar refractivity (Wildman–Crippen MR) is 134 cm³/mol. The highest BCUT2D eigenvalue weighted by Crippen LogP contribution is 2.34. The molecule has 1 aliphatic carbocycles. The first-order valence-corrected chi connectivity index (χ1v) is 11.8. The van der Waals surface area contributed by atoms with E-state index in [9.17, 15) is 4.79 Å². The van der Waals surface area contributed by atoms with Crippen LogP contribution in [0.25, 0.3) is 27.9 Å². The summed E-state index contributed by atoms with van der Waals surface area (Å²) in [5.41, 5.74) is 6.64. The lowest BCUT2D eigenvalue weighted by Gasteiger charge is -2.12. The van der Waals surface area contributed by atoms with Crippen LogP contribution in [0.2, 0.25) is 0 Å². The van der Waals surface area contributed by atoms with Crippen molar-refractivity contribution < 1.29 is 4.79 Å². The zero-order valence-corrected chi connectivity index (χ0v) is 18.8. The van der Waals surface area contributed by atoms with Gasteiger partial charge in [0.05, 0.1) is 22.9 Å². The number of Topliss-reactive ketones (excluding diaryl/α,β-unsaturated/α-hetero) is 1. The molecule has 2 aromatic carbocycles. The van der Waals surface area contributed by atoms with Crippen molar-refractivity contribution in [3.63, 3.8) is 0 Å². The number of carbonyl (C=O) groups is 1. The number of hydrogen-bond acceptors (Lipinski definition) is 5. The molecule has 0 saturated heterocycles. The maximum absolute atomic E-state index is 12.5. The number of nitrogens with zero attached hydrogens (tertiary/aromatic N) is 4. The standard InChI is InChI=1S/C28H25N5O/c34-26(16-19-7-8-19)22-11-9-21(10-12-22)25-18-31-28-27(30-15-13-20-4-3-14-29-17-20)32-23-5-1-2-6-24(23)33(25)28/h1-6,9-12,14,17-19H,7-8,13,15-16H2,(H,30,32). The summed E-state index contributed by atoms with van der Waals surface area (Å²) in [6, 6.07) is 20.0. The average molecular weight is 448 g/mol. The van der Waals surface area contributed by atoms with E-state index in [-0.39, 0.29) is 5.78 Å². The van der Waals surface area contributed by atoms with Crippen LogP contribution in [-0.4, -0.2) is 31.7 Å². The highest BCUT2D eigenvalue weighted by Gasteiger charge is 2.25. The number of imidazole rings is 1. The van der Waals surface area contributed by atoms with Crippen LogP contribution >= 0.6 is 0 Å². The number of anilines is 1. The molecule has 6 nitrogen and oxygen atoms in total. The van der Waals surface area contributed by atoms with Crippen LogP contribution in [0, 0.1) is 5.92 Å². The van der Waals surface area contributed by atoms with Gasteiger partial charge in [-0.2, -0.15) is 0 Å². The molecule has 6 rings (SSSR count). The lowest BCUT2D eigenvalue weighted by Crippen LogP contribution is -2.09. The summed E-state index contributed by atoms with van der Waals surface area (Å²) < 4.78 is 2.15. The zero-order valence-electron chi connectivity index (χ0n) is 18.8. The van der Waals surface area contributed by atoms with Crippen molar-refractivity contribution in [2.24, 2.45) is 5.92 Å². The molecular formula is C28H25N5O. The lowest BCUT2D eigenvalue weighted by atomic mass is 10.0. The van der Waals surface area contributed by atoms with E-state index in [4.69, 9.17) is 9.97 Å². The fourth-order valence-electron chi connectivity index (χ4n) is 4.40. The molecule has 1 aliphatic rings. The number of rotatable bonds is 8. The quantitative estimate of drug-likeness (QED) is 0.314. The molecule has 168 valence electrons. The first-order chi connectivity index (χ1) is 16.8. The number of hydrogen-bond donors (Lipinski definition) is 1. The first-order valence-electron chi connectivity index (χ1n) is 11.8. The molecule has 0 amide bonds. The van der Waals surface area contributed by atoms with Crippen LogP contribution in [0.4, 0.5) is 5.82 Å². The highest BCUT2D eigenvalue weighted by molar-refractivity contribution is 5.97. The largest absolute Gasteiger partial charge is 0.367 e. The molecule has 3 heterocycles. The van der Waals surface area contributed by atoms with Crippen LogP contribution < -0.4 is 5.32 Å². The minimum atomic E-state index is 0.238. The van der Waals surface area contributed by atoms with Crippen molar-refractivity contribution in [3.05, 3.63) is 90.4 Å². The molecule has 0 radical (unpaired) electrons. The molecule has 5 aromatic rings. The van der Waals surface area contributed by atoms with E-state index >= 15 is 0 Å². The van der Waals surface area contributed by atoms with E-state index in [0.29, 0.717) is 12.3 Å². The van der Waals surface area contributed by atoms with E-state index < -0.39 is 0 Å². The molecule has 0 unspecified atom stereocenters. The number of pyridine rings is 1. The third-order valence-corrected chi connectivity index (χ3v) is 6.43. The van der Waals surface area contributed by atoms with Crippen molar-refractivity contribution in [1.29, 1.82) is 0 Å². The van der Waals surface area contributed by atoms with Crippen LogP contribution in [0.1, 0.15) is 35.2 Å². The fraction of sp³-hybridized carbons (Fsp3) is 0.214. The molecule has 6 heteroatoms. The number of aromatic nitrogens is 4. The van der Waals surface area contributed by atoms with Crippen molar-refractivity contribution in [1.82, 2.24) is 19.4 Å². The third kappa shape index (κ3) is 4.03. The molecule has 1 saturated carbocycles. The van der Waals surface area contributed by atoms with Gasteiger partial charge in [0.2, 0.25) is 0 Å². The minimum absolute atomic E-state index is 0.238. The number of ketones is 1. The van der Waals surface area contributed by atoms with E-state index in [2.05, 4.69) is 26.8 Å². The first kappa shape index (κ1) is 20.5. The Morgan fingerprint density at radius 1 is 1.00 bits per heavy atom. The number of nitrogens with one attached hydrogen (secondary N) is 1. The van der Waals surface area contributed by atoms with Gasteiger partial charge in [-0.1, -0.05) is 42.5 Å². The summed E-state index contributed by atoms with van der Waals surface area (Å²) in [4.78, 5) is 26.3. The van der Waals surface area contributed by atoms with Crippen LogP contribution in [-0.2, 0) is 6.42 Å². The van der Waals surface area contributed by atoms with Crippen LogP contribution in [0.5, 0.6) is 0 Å². The van der Waals surface area contributed by atoms with Crippen molar-refractivity contribution >= 4 is 28.3 Å². The van der Waals surface area contributed by atoms with Gasteiger partial charge in [-0.05, 0) is 48.9 Å². The Morgan fingerprint density at radius 2 is 1.85 bits per heavy atom. The predicted octanol–water partition coefficient (Wildman–Crippen LogP) is 5.58. The van der Waals surface area contributed by atoms with Gasteiger partial charge in [-0.15, -0.1) is 0 Å². The fourth-order valence-corrected chi connectivity index (χ4v) is 4.40. The van der Waals surface area contributed by atoms with Gasteiger partial charge in [-0.3, -0.25) is 14.2 Å². The summed E-state index contributed by atoms with van der Waals surface area (Å²) in [5.74, 6) is 1.58. The van der Waals surface area contributed by atoms with Gasteiger partial charge in [-0.25, -0.2) is 9.97 Å². The van der Waals surface area contributed by atoms with Crippen LogP contribution in [0.15, 0.2) is 79.3 Å². The van der Waals surface area contributed by atoms with E-state index in [1.54, 1.807) is 6.20 Å². The Balaban J connectivity index is 1.34. The molecular weight excluding hydrogens is 422 g/mol. The second-order valence-corrected chi connectivity index (χ2v) is 8.94. The number of carbonyl (C=O) groups excluding carboxylic acids is 1. The van der Waals surface area contributed by atoms with Gasteiger partial charge in [0.25, 0.3) is 0 Å². The normalized spacial score (nSPS) is 13.4. The van der Waals surface area contributed by atoms with Gasteiger partial charge in [0.15, 0.2) is 17.2 Å². The molecule has 34 heavy (non-hydrogen) atoms. The maximum Gasteiger partial charge on any atom is 0.181 e. The number of benzene rings is 2. The molecule has 0 aliphatic heterocycles. The van der Waals surface area contributed by atoms with Crippen molar-refractivity contribution in [3.8, 4) is 11.3 Å². The van der Waals surface area contributed by atoms with Crippen LogP contribution in [0.3, 0.4) is 0 Å². The Morgan fingerprint density at radius 3 is 2.65 bits per heavy atom. The summed E-state index contributed by atoms with van der Waals surface area (Å²) in [7, 11) is 0. The van der Waals surface area contributed by atoms with Gasteiger partial charge >= 0.3 is 0 Å². The molecule has 0 atom stereocenters. The SMILES string of the molecule is O=C(CC1CC1)c1ccc(-c2cnc3c(NCCc4cccnc4)nc4ccccc4n23)cc1. The third-order valence-electron chi connectivity index (χ3n) is 6.43. The second kappa shape index (κ2) is 8.71. The average Bonchev–Trinajstić information content (AvgIpc) is 3.58. The van der Waals surface area contributed by atoms with Gasteiger partial charge in [0.1, 0.15) is 0 Å². The number of para-hydroxylation sites is 2. The van der Waals surface area contributed by atoms with Crippen molar-refractivity contribution in [2.75, 3.05) is 11.9 Å². The Labute approximate surface area is 197 Å². The van der Waals surface area contributed by atoms with Gasteiger partial charge in [0, 0.05) is 36.5 Å². The minimum Gasteiger partial charge on any atom is -0.367 e. The summed E-state index contributed by atoms with van der Waals surface area (Å²) in [6.45, 7) is 0.729. The number of fused-ring (bicyclic) bond motifs is 3. The molecule has 3 aromatic heterocycles. The summed E-state index contributed by atoms with van der Waals surface area (Å²) in [5, 5.41) is 3.47. The molecule has 1 fully saturated rings. The molecule has 0 bridgehead atoms. The second-order valence-electron chi connectivity index (χ2n) is 8.94.